The third-order valence-corrected chi connectivity index (χ3v) is 7.93. The molecule has 0 aliphatic carbocycles. The summed E-state index contributed by atoms with van der Waals surface area (Å²) in [4.78, 5) is 25.3. The summed E-state index contributed by atoms with van der Waals surface area (Å²) in [6.45, 7) is 2.28. The number of piperazine rings is 1. The summed E-state index contributed by atoms with van der Waals surface area (Å²) >= 11 is 6.85. The number of rotatable bonds is 6. The maximum atomic E-state index is 12.6. The second-order valence-corrected chi connectivity index (χ2v) is 10.1. The van der Waals surface area contributed by atoms with Crippen LogP contribution in [0, 0.1) is 0 Å². The predicted octanol–water partition coefficient (Wildman–Crippen LogP) is 2.52. The Hall–Kier alpha value is -1.94. The van der Waals surface area contributed by atoms with E-state index in [0.717, 1.165) is 11.3 Å². The van der Waals surface area contributed by atoms with Gasteiger partial charge in [-0.05, 0) is 31.2 Å². The first-order valence-corrected chi connectivity index (χ1v) is 11.2. The van der Waals surface area contributed by atoms with Crippen LogP contribution in [0.15, 0.2) is 40.6 Å². The van der Waals surface area contributed by atoms with Crippen LogP contribution in [-0.2, 0) is 14.8 Å². The SMILES string of the molecule is CC(=O)c1cccc(OCC(=O)N2CCN(S(=O)(=O)c3ccc(Cl)s3)CC2)c1. The highest BCUT2D eigenvalue weighted by molar-refractivity contribution is 7.91. The van der Waals surface area contributed by atoms with Gasteiger partial charge in [0.25, 0.3) is 15.9 Å². The molecule has 1 aliphatic rings. The Morgan fingerprint density at radius 1 is 1.14 bits per heavy atom. The lowest BCUT2D eigenvalue weighted by atomic mass is 10.1. The number of hydrogen-bond acceptors (Lipinski definition) is 6. The van der Waals surface area contributed by atoms with Gasteiger partial charge in [-0.25, -0.2) is 8.42 Å². The summed E-state index contributed by atoms with van der Waals surface area (Å²) < 4.78 is 32.7. The summed E-state index contributed by atoms with van der Waals surface area (Å²) in [5.74, 6) is 0.127. The second-order valence-electron chi connectivity index (χ2n) is 6.22. The van der Waals surface area contributed by atoms with Crippen molar-refractivity contribution in [1.82, 2.24) is 9.21 Å². The molecule has 3 rings (SSSR count). The van der Waals surface area contributed by atoms with Crippen molar-refractivity contribution < 1.29 is 22.7 Å². The predicted molar refractivity (Wildman–Crippen MR) is 107 cm³/mol. The molecule has 0 saturated carbocycles. The molecule has 7 nitrogen and oxygen atoms in total. The Morgan fingerprint density at radius 2 is 1.86 bits per heavy atom. The highest BCUT2D eigenvalue weighted by Gasteiger charge is 2.31. The lowest BCUT2D eigenvalue weighted by Gasteiger charge is -2.33. The minimum atomic E-state index is -3.59. The van der Waals surface area contributed by atoms with Crippen molar-refractivity contribution in [2.75, 3.05) is 32.8 Å². The molecule has 1 fully saturated rings. The van der Waals surface area contributed by atoms with E-state index in [4.69, 9.17) is 16.3 Å². The molecule has 1 amide bonds. The van der Waals surface area contributed by atoms with E-state index in [9.17, 15) is 18.0 Å². The van der Waals surface area contributed by atoms with Crippen LogP contribution in [0.3, 0.4) is 0 Å². The molecule has 1 aromatic heterocycles. The average Bonchev–Trinajstić information content (AvgIpc) is 3.13. The van der Waals surface area contributed by atoms with Crippen LogP contribution in [0.2, 0.25) is 4.34 Å². The Labute approximate surface area is 172 Å². The standard InChI is InChI=1S/C18H19ClN2O5S2/c1-13(22)14-3-2-4-15(11-14)26-12-17(23)20-7-9-21(10-8-20)28(24,25)18-6-5-16(19)27-18/h2-6,11H,7-10,12H2,1H3. The van der Waals surface area contributed by atoms with Gasteiger partial charge in [0.15, 0.2) is 12.4 Å². The van der Waals surface area contributed by atoms with Crippen molar-refractivity contribution in [2.45, 2.75) is 11.1 Å². The molecule has 0 spiro atoms. The lowest BCUT2D eigenvalue weighted by molar-refractivity contribution is -0.134. The Balaban J connectivity index is 1.54. The maximum absolute atomic E-state index is 12.6. The minimum Gasteiger partial charge on any atom is -0.484 e. The van der Waals surface area contributed by atoms with Crippen LogP contribution in [-0.4, -0.2) is 62.1 Å². The van der Waals surface area contributed by atoms with E-state index in [-0.39, 0.29) is 48.7 Å². The van der Waals surface area contributed by atoms with Crippen molar-refractivity contribution in [3.05, 3.63) is 46.3 Å². The zero-order chi connectivity index (χ0) is 20.3. The molecule has 0 radical (unpaired) electrons. The molecule has 2 aromatic rings. The minimum absolute atomic E-state index is 0.0823. The van der Waals surface area contributed by atoms with Crippen LogP contribution in [0.25, 0.3) is 0 Å². The van der Waals surface area contributed by atoms with E-state index in [0.29, 0.717) is 15.6 Å². The number of halogens is 1. The van der Waals surface area contributed by atoms with E-state index < -0.39 is 10.0 Å². The van der Waals surface area contributed by atoms with Crippen molar-refractivity contribution in [3.8, 4) is 5.75 Å². The van der Waals surface area contributed by atoms with Crippen LogP contribution < -0.4 is 4.74 Å². The van der Waals surface area contributed by atoms with Gasteiger partial charge in [-0.15, -0.1) is 11.3 Å². The van der Waals surface area contributed by atoms with Crippen LogP contribution >= 0.6 is 22.9 Å². The van der Waals surface area contributed by atoms with Gasteiger partial charge < -0.3 is 9.64 Å². The molecule has 0 bridgehead atoms. The van der Waals surface area contributed by atoms with E-state index in [1.54, 1.807) is 35.2 Å². The number of amides is 1. The summed E-state index contributed by atoms with van der Waals surface area (Å²) in [7, 11) is -3.59. The maximum Gasteiger partial charge on any atom is 0.260 e. The number of benzene rings is 1. The summed E-state index contributed by atoms with van der Waals surface area (Å²) in [6.07, 6.45) is 0. The molecular weight excluding hydrogens is 424 g/mol. The number of ether oxygens (including phenoxy) is 1. The van der Waals surface area contributed by atoms with Crippen LogP contribution in [0.5, 0.6) is 5.75 Å². The molecule has 10 heteroatoms. The van der Waals surface area contributed by atoms with Gasteiger partial charge in [0.2, 0.25) is 0 Å². The number of carbonyl (C=O) groups is 2. The molecule has 0 atom stereocenters. The van der Waals surface area contributed by atoms with Crippen LogP contribution in [0.4, 0.5) is 0 Å². The van der Waals surface area contributed by atoms with Crippen LogP contribution in [0.1, 0.15) is 17.3 Å². The second kappa shape index (κ2) is 8.60. The average molecular weight is 443 g/mol. The molecule has 150 valence electrons. The number of thiophene rings is 1. The first kappa shape index (κ1) is 20.8. The Kier molecular flexibility index (Phi) is 6.39. The van der Waals surface area contributed by atoms with E-state index in [1.807, 2.05) is 0 Å². The zero-order valence-corrected chi connectivity index (χ0v) is 17.5. The Morgan fingerprint density at radius 3 is 2.46 bits per heavy atom. The molecule has 1 saturated heterocycles. The van der Waals surface area contributed by atoms with Crippen molar-refractivity contribution in [3.63, 3.8) is 0 Å². The third-order valence-electron chi connectivity index (χ3n) is 4.34. The van der Waals surface area contributed by atoms with E-state index in [2.05, 4.69) is 0 Å². The normalized spacial score (nSPS) is 15.4. The monoisotopic (exact) mass is 442 g/mol. The van der Waals surface area contributed by atoms with Crippen molar-refractivity contribution in [2.24, 2.45) is 0 Å². The number of ketones is 1. The smallest absolute Gasteiger partial charge is 0.260 e. The third kappa shape index (κ3) is 4.72. The number of carbonyl (C=O) groups excluding carboxylic acids is 2. The molecule has 0 unspecified atom stereocenters. The number of sulfonamides is 1. The quantitative estimate of drug-likeness (QED) is 0.642. The van der Waals surface area contributed by atoms with Crippen molar-refractivity contribution in [1.29, 1.82) is 0 Å². The first-order chi connectivity index (χ1) is 13.3. The lowest BCUT2D eigenvalue weighted by Crippen LogP contribution is -2.51. The van der Waals surface area contributed by atoms with E-state index >= 15 is 0 Å². The molecule has 2 heterocycles. The molecule has 28 heavy (non-hydrogen) atoms. The molecular formula is C18H19ClN2O5S2. The van der Waals surface area contributed by atoms with Gasteiger partial charge >= 0.3 is 0 Å². The van der Waals surface area contributed by atoms with Gasteiger partial charge in [0.05, 0.1) is 4.34 Å². The van der Waals surface area contributed by atoms with Gasteiger partial charge in [0.1, 0.15) is 9.96 Å². The highest BCUT2D eigenvalue weighted by Crippen LogP contribution is 2.28. The molecule has 0 N–H and O–H groups in total. The van der Waals surface area contributed by atoms with Gasteiger partial charge in [-0.1, -0.05) is 23.7 Å². The summed E-state index contributed by atoms with van der Waals surface area (Å²) in [6, 6.07) is 9.68. The largest absolute Gasteiger partial charge is 0.484 e. The fourth-order valence-electron chi connectivity index (χ4n) is 2.78. The fourth-order valence-corrected chi connectivity index (χ4v) is 5.84. The molecule has 1 aromatic carbocycles. The summed E-state index contributed by atoms with van der Waals surface area (Å²) in [5.41, 5.74) is 0.512. The van der Waals surface area contributed by atoms with Gasteiger partial charge in [-0.3, -0.25) is 9.59 Å². The first-order valence-electron chi connectivity index (χ1n) is 8.54. The number of Topliss-reactive ketones (excluding diaryl/α,β-unsaturated/α-hetero) is 1. The van der Waals surface area contributed by atoms with Crippen molar-refractivity contribution >= 4 is 44.7 Å². The zero-order valence-electron chi connectivity index (χ0n) is 15.1. The van der Waals surface area contributed by atoms with Gasteiger partial charge in [0, 0.05) is 31.7 Å². The number of nitrogens with zero attached hydrogens (tertiary/aromatic N) is 2. The summed E-state index contributed by atoms with van der Waals surface area (Å²) in [5, 5.41) is 0. The van der Waals surface area contributed by atoms with Gasteiger partial charge in [-0.2, -0.15) is 4.31 Å². The highest BCUT2D eigenvalue weighted by atomic mass is 35.5. The molecule has 1 aliphatic heterocycles. The van der Waals surface area contributed by atoms with E-state index in [1.165, 1.54) is 17.3 Å². The number of hydrogen-bond donors (Lipinski definition) is 0. The Bertz CT molecular complexity index is 981. The topological polar surface area (TPSA) is 84.0 Å². The fraction of sp³-hybridized carbons (Fsp3) is 0.333.